The zero-order valence-electron chi connectivity index (χ0n) is 7.63. The summed E-state index contributed by atoms with van der Waals surface area (Å²) in [4.78, 5) is 0. The number of hydrogen-bond donors (Lipinski definition) is 1. The van der Waals surface area contributed by atoms with Crippen molar-refractivity contribution in [2.75, 3.05) is 0 Å². The second-order valence-electron chi connectivity index (χ2n) is 5.19. The Kier molecular flexibility index (Phi) is 1.39. The molecule has 0 aromatic heterocycles. The van der Waals surface area contributed by atoms with E-state index in [1.54, 1.807) is 0 Å². The van der Waals surface area contributed by atoms with Crippen molar-refractivity contribution in [3.63, 3.8) is 0 Å². The van der Waals surface area contributed by atoms with Crippen molar-refractivity contribution in [2.24, 2.45) is 17.8 Å². The Morgan fingerprint density at radius 2 is 1.33 bits per heavy atom. The molecule has 0 saturated heterocycles. The average molecular weight is 166 g/mol. The maximum atomic E-state index is 10.5. The summed E-state index contributed by atoms with van der Waals surface area (Å²) in [5.74, 6) is 2.25. The van der Waals surface area contributed by atoms with E-state index in [-0.39, 0.29) is 5.60 Å². The summed E-state index contributed by atoms with van der Waals surface area (Å²) >= 11 is 0. The van der Waals surface area contributed by atoms with Gasteiger partial charge in [0.1, 0.15) is 0 Å². The Morgan fingerprint density at radius 1 is 0.833 bits per heavy atom. The highest BCUT2D eigenvalue weighted by Gasteiger charge is 2.53. The average Bonchev–Trinajstić information content (AvgIpc) is 2.88. The largest absolute Gasteiger partial charge is 0.389 e. The van der Waals surface area contributed by atoms with Crippen LogP contribution >= 0.6 is 0 Å². The predicted molar refractivity (Wildman–Crippen MR) is 47.7 cm³/mol. The third kappa shape index (κ3) is 0.891. The first-order chi connectivity index (χ1) is 5.79. The van der Waals surface area contributed by atoms with Crippen molar-refractivity contribution < 1.29 is 5.11 Å². The standard InChI is InChI=1S/C11H18O/c12-11(10-5-6-10)7-8-1-3-9(11)4-2-8/h8-10,12H,1-7H2. The van der Waals surface area contributed by atoms with E-state index in [9.17, 15) is 5.11 Å². The molecule has 4 aliphatic rings. The van der Waals surface area contributed by atoms with Crippen LogP contribution in [0.1, 0.15) is 44.9 Å². The lowest BCUT2D eigenvalue weighted by molar-refractivity contribution is -0.112. The van der Waals surface area contributed by atoms with Gasteiger partial charge in [-0.05, 0) is 62.7 Å². The molecule has 4 saturated carbocycles. The fourth-order valence-corrected chi connectivity index (χ4v) is 3.58. The molecule has 1 nitrogen and oxygen atoms in total. The van der Waals surface area contributed by atoms with Gasteiger partial charge in [-0.15, -0.1) is 0 Å². The van der Waals surface area contributed by atoms with Gasteiger partial charge in [0.15, 0.2) is 0 Å². The van der Waals surface area contributed by atoms with Gasteiger partial charge >= 0.3 is 0 Å². The van der Waals surface area contributed by atoms with Gasteiger partial charge in [0, 0.05) is 0 Å². The number of fused-ring (bicyclic) bond motifs is 3. The monoisotopic (exact) mass is 166 g/mol. The van der Waals surface area contributed by atoms with E-state index in [0.717, 1.165) is 12.3 Å². The molecule has 4 fully saturated rings. The molecule has 1 unspecified atom stereocenters. The minimum atomic E-state index is -0.193. The molecule has 4 aliphatic carbocycles. The minimum absolute atomic E-state index is 0.193. The Hall–Kier alpha value is -0.0400. The van der Waals surface area contributed by atoms with Crippen LogP contribution in [0.2, 0.25) is 0 Å². The molecule has 2 bridgehead atoms. The molecule has 68 valence electrons. The molecule has 0 radical (unpaired) electrons. The van der Waals surface area contributed by atoms with E-state index in [1.807, 2.05) is 0 Å². The Balaban J connectivity index is 1.85. The van der Waals surface area contributed by atoms with E-state index in [1.165, 1.54) is 38.5 Å². The molecule has 0 spiro atoms. The fourth-order valence-electron chi connectivity index (χ4n) is 3.58. The Labute approximate surface area is 74.2 Å². The molecule has 4 rings (SSSR count). The van der Waals surface area contributed by atoms with Crippen molar-refractivity contribution in [2.45, 2.75) is 50.5 Å². The van der Waals surface area contributed by atoms with E-state index in [0.29, 0.717) is 11.8 Å². The van der Waals surface area contributed by atoms with Gasteiger partial charge in [0.2, 0.25) is 0 Å². The quantitative estimate of drug-likeness (QED) is 0.634. The van der Waals surface area contributed by atoms with Crippen molar-refractivity contribution in [1.29, 1.82) is 0 Å². The summed E-state index contributed by atoms with van der Waals surface area (Å²) in [6.07, 6.45) is 9.19. The third-order valence-electron chi connectivity index (χ3n) is 4.45. The molecular formula is C11H18O. The van der Waals surface area contributed by atoms with Crippen molar-refractivity contribution in [3.8, 4) is 0 Å². The highest BCUT2D eigenvalue weighted by molar-refractivity contribution is 5.05. The van der Waals surface area contributed by atoms with Crippen LogP contribution in [0.25, 0.3) is 0 Å². The number of hydrogen-bond acceptors (Lipinski definition) is 1. The molecule has 0 amide bonds. The van der Waals surface area contributed by atoms with Gasteiger partial charge in [0.05, 0.1) is 5.60 Å². The van der Waals surface area contributed by atoms with Crippen LogP contribution < -0.4 is 0 Å². The summed E-state index contributed by atoms with van der Waals surface area (Å²) in [6, 6.07) is 0. The first-order valence-electron chi connectivity index (χ1n) is 5.51. The molecule has 0 heterocycles. The predicted octanol–water partition coefficient (Wildman–Crippen LogP) is 2.34. The second kappa shape index (κ2) is 2.25. The van der Waals surface area contributed by atoms with Gasteiger partial charge < -0.3 is 5.11 Å². The zero-order valence-corrected chi connectivity index (χ0v) is 7.63. The molecule has 1 atom stereocenters. The normalized spacial score (nSPS) is 52.8. The maximum Gasteiger partial charge on any atom is 0.0706 e. The number of aliphatic hydroxyl groups is 1. The summed E-state index contributed by atoms with van der Waals surface area (Å²) in [5.41, 5.74) is -0.193. The van der Waals surface area contributed by atoms with E-state index < -0.39 is 0 Å². The molecule has 1 N–H and O–H groups in total. The van der Waals surface area contributed by atoms with Crippen molar-refractivity contribution in [3.05, 3.63) is 0 Å². The van der Waals surface area contributed by atoms with Crippen LogP contribution in [0.5, 0.6) is 0 Å². The van der Waals surface area contributed by atoms with Crippen LogP contribution in [0.4, 0.5) is 0 Å². The van der Waals surface area contributed by atoms with Crippen molar-refractivity contribution in [1.82, 2.24) is 0 Å². The van der Waals surface area contributed by atoms with Gasteiger partial charge in [-0.2, -0.15) is 0 Å². The second-order valence-corrected chi connectivity index (χ2v) is 5.19. The van der Waals surface area contributed by atoms with Crippen LogP contribution in [0.15, 0.2) is 0 Å². The molecule has 0 aromatic rings. The highest BCUT2D eigenvalue weighted by Crippen LogP contribution is 2.56. The van der Waals surface area contributed by atoms with E-state index in [4.69, 9.17) is 0 Å². The lowest BCUT2D eigenvalue weighted by atomic mass is 9.60. The SMILES string of the molecule is OC1(C2CC2)CC2CCC1CC2. The van der Waals surface area contributed by atoms with E-state index >= 15 is 0 Å². The molecule has 12 heavy (non-hydrogen) atoms. The summed E-state index contributed by atoms with van der Waals surface area (Å²) in [7, 11) is 0. The van der Waals surface area contributed by atoms with E-state index in [2.05, 4.69) is 0 Å². The van der Waals surface area contributed by atoms with Crippen LogP contribution in [0.3, 0.4) is 0 Å². The lowest BCUT2D eigenvalue weighted by Crippen LogP contribution is -2.49. The Morgan fingerprint density at radius 3 is 1.67 bits per heavy atom. The molecule has 0 aliphatic heterocycles. The third-order valence-corrected chi connectivity index (χ3v) is 4.45. The number of rotatable bonds is 1. The Bertz CT molecular complexity index is 189. The fraction of sp³-hybridized carbons (Fsp3) is 1.00. The first kappa shape index (κ1) is 7.37. The minimum Gasteiger partial charge on any atom is -0.389 e. The lowest BCUT2D eigenvalue weighted by Gasteiger charge is -2.49. The summed E-state index contributed by atoms with van der Waals surface area (Å²) in [6.45, 7) is 0. The van der Waals surface area contributed by atoms with Crippen LogP contribution in [0, 0.1) is 17.8 Å². The summed E-state index contributed by atoms with van der Waals surface area (Å²) < 4.78 is 0. The molecular weight excluding hydrogens is 148 g/mol. The molecule has 0 aromatic carbocycles. The van der Waals surface area contributed by atoms with Crippen LogP contribution in [-0.2, 0) is 0 Å². The van der Waals surface area contributed by atoms with Gasteiger partial charge in [0.25, 0.3) is 0 Å². The topological polar surface area (TPSA) is 20.2 Å². The van der Waals surface area contributed by atoms with Gasteiger partial charge in [-0.3, -0.25) is 0 Å². The van der Waals surface area contributed by atoms with Crippen LogP contribution in [-0.4, -0.2) is 10.7 Å². The van der Waals surface area contributed by atoms with Gasteiger partial charge in [-0.25, -0.2) is 0 Å². The van der Waals surface area contributed by atoms with Gasteiger partial charge in [-0.1, -0.05) is 0 Å². The molecule has 1 heteroatoms. The zero-order chi connectivity index (χ0) is 8.18. The smallest absolute Gasteiger partial charge is 0.0706 e. The van der Waals surface area contributed by atoms with Crippen molar-refractivity contribution >= 4 is 0 Å². The summed E-state index contributed by atoms with van der Waals surface area (Å²) in [5, 5.41) is 10.5. The highest BCUT2D eigenvalue weighted by atomic mass is 16.3. The maximum absolute atomic E-state index is 10.5. The first-order valence-corrected chi connectivity index (χ1v) is 5.51.